The highest BCUT2D eigenvalue weighted by Crippen LogP contribution is 2.28. The van der Waals surface area contributed by atoms with Crippen molar-refractivity contribution < 1.29 is 27.0 Å². The van der Waals surface area contributed by atoms with E-state index in [2.05, 4.69) is 103 Å². The van der Waals surface area contributed by atoms with Gasteiger partial charge in [0.25, 0.3) is 0 Å². The van der Waals surface area contributed by atoms with Gasteiger partial charge in [0.1, 0.15) is 19.3 Å². The topological polar surface area (TPSA) is 67.7 Å². The summed E-state index contributed by atoms with van der Waals surface area (Å²) in [5, 5.41) is 4.11. The van der Waals surface area contributed by atoms with Crippen LogP contribution in [0.1, 0.15) is 0 Å². The summed E-state index contributed by atoms with van der Waals surface area (Å²) in [5.74, 6) is 0. The molecule has 0 aliphatic carbocycles. The van der Waals surface area contributed by atoms with Crippen molar-refractivity contribution in [3.8, 4) is 0 Å². The van der Waals surface area contributed by atoms with Gasteiger partial charge >= 0.3 is 0 Å². The van der Waals surface area contributed by atoms with Crippen LogP contribution in [0.2, 0.25) is 98.2 Å². The lowest BCUT2D eigenvalue weighted by Gasteiger charge is -2.45. The lowest BCUT2D eigenvalue weighted by Crippen LogP contribution is -2.60. The minimum Gasteiger partial charge on any atom is -0.415 e. The molecule has 0 bridgehead atoms. The van der Waals surface area contributed by atoms with Gasteiger partial charge in [-0.1, -0.05) is 5.16 Å². The van der Waals surface area contributed by atoms with Gasteiger partial charge in [0.15, 0.2) is 41.6 Å². The largest absolute Gasteiger partial charge is 0.415 e. The Balaban J connectivity index is 6.73. The summed E-state index contributed by atoms with van der Waals surface area (Å²) < 4.78 is 33.6. The van der Waals surface area contributed by atoms with Crippen molar-refractivity contribution in [3.05, 3.63) is 0 Å². The van der Waals surface area contributed by atoms with Gasteiger partial charge in [-0.15, -0.1) is 0 Å². The molecule has 4 atom stereocenters. The van der Waals surface area contributed by atoms with Crippen LogP contribution in [0, 0.1) is 0 Å². The van der Waals surface area contributed by atoms with E-state index in [1.807, 2.05) is 0 Å². The molecule has 7 nitrogen and oxygen atoms in total. The molecule has 0 aliphatic rings. The maximum Gasteiger partial charge on any atom is 0.184 e. The SMILES string of the molecule is CO/N=C/[C@H](O[Si](C)(C)C)[C@H](O[Si](C)(C)C)[C@@H](O[Si](C)(C)C)[C@H](CO[Si](C)(C)C)O[Si](C)(C)C. The third-order valence-electron chi connectivity index (χ3n) is 3.98. The monoisotopic (exact) mass is 569 g/mol. The predicted octanol–water partition coefficient (Wildman–Crippen LogP) is 6.35. The Morgan fingerprint density at radius 1 is 0.559 bits per heavy atom. The lowest BCUT2D eigenvalue weighted by atomic mass is 10.0. The molecule has 0 radical (unpaired) electrons. The minimum atomic E-state index is -2.01. The Hall–Kier alpha value is 0.354. The molecule has 0 rings (SSSR count). The zero-order valence-electron chi connectivity index (χ0n) is 25.0. The van der Waals surface area contributed by atoms with E-state index in [1.54, 1.807) is 13.3 Å². The first-order valence-corrected chi connectivity index (χ1v) is 29.4. The smallest absolute Gasteiger partial charge is 0.184 e. The van der Waals surface area contributed by atoms with Crippen LogP contribution >= 0.6 is 0 Å². The molecule has 0 spiro atoms. The molecular weight excluding hydrogens is 515 g/mol. The highest BCUT2D eigenvalue weighted by atomic mass is 28.4. The zero-order valence-corrected chi connectivity index (χ0v) is 30.0. The van der Waals surface area contributed by atoms with Crippen LogP contribution in [-0.2, 0) is 27.0 Å². The molecule has 0 aromatic rings. The second kappa shape index (κ2) is 13.2. The second-order valence-corrected chi connectivity index (χ2v) is 36.1. The minimum absolute atomic E-state index is 0.268. The standard InChI is InChI=1S/C22H55NO6Si5/c1-24-23-17-19(26-31(5,6)7)21(28-33(11,12)13)22(29-34(14,15)16)20(27-32(8,9)10)18-25-30(2,3)4/h17,19-22H,18H2,1-16H3/b23-17+/t19-,20-,21-,22-/m0/s1. The van der Waals surface area contributed by atoms with Gasteiger partial charge in [0.05, 0.1) is 25.0 Å². The van der Waals surface area contributed by atoms with Crippen molar-refractivity contribution in [2.24, 2.45) is 5.16 Å². The van der Waals surface area contributed by atoms with Crippen molar-refractivity contribution in [3.63, 3.8) is 0 Å². The number of rotatable bonds is 16. The molecule has 204 valence electrons. The van der Waals surface area contributed by atoms with Crippen LogP contribution in [0.5, 0.6) is 0 Å². The number of hydrogen-bond acceptors (Lipinski definition) is 7. The molecule has 12 heteroatoms. The lowest BCUT2D eigenvalue weighted by molar-refractivity contribution is -0.0733. The van der Waals surface area contributed by atoms with Crippen LogP contribution in [-0.4, -0.2) is 85.9 Å². The van der Waals surface area contributed by atoms with Crippen LogP contribution in [0.25, 0.3) is 0 Å². The molecule has 0 aromatic heterocycles. The van der Waals surface area contributed by atoms with Gasteiger partial charge in [-0.3, -0.25) is 0 Å². The van der Waals surface area contributed by atoms with E-state index in [4.69, 9.17) is 27.0 Å². The molecule has 0 fully saturated rings. The summed E-state index contributed by atoms with van der Waals surface area (Å²) in [6.45, 7) is 33.4. The van der Waals surface area contributed by atoms with Gasteiger partial charge in [-0.05, 0) is 98.2 Å². The van der Waals surface area contributed by atoms with Gasteiger partial charge in [-0.2, -0.15) is 0 Å². The van der Waals surface area contributed by atoms with E-state index >= 15 is 0 Å². The predicted molar refractivity (Wildman–Crippen MR) is 158 cm³/mol. The van der Waals surface area contributed by atoms with E-state index < -0.39 is 53.8 Å². The van der Waals surface area contributed by atoms with Crippen molar-refractivity contribution in [1.82, 2.24) is 0 Å². The average molecular weight is 570 g/mol. The molecule has 0 heterocycles. The highest BCUT2D eigenvalue weighted by molar-refractivity contribution is 6.71. The molecule has 0 N–H and O–H groups in total. The number of hydrogen-bond donors (Lipinski definition) is 0. The van der Waals surface area contributed by atoms with Crippen molar-refractivity contribution in [1.29, 1.82) is 0 Å². The Morgan fingerprint density at radius 3 is 1.32 bits per heavy atom. The van der Waals surface area contributed by atoms with Crippen LogP contribution in [0.15, 0.2) is 5.16 Å². The van der Waals surface area contributed by atoms with Gasteiger partial charge < -0.3 is 27.0 Å². The quantitative estimate of drug-likeness (QED) is 0.123. The maximum absolute atomic E-state index is 6.90. The van der Waals surface area contributed by atoms with E-state index in [9.17, 15) is 0 Å². The Bertz CT molecular complexity index is 618. The molecule has 34 heavy (non-hydrogen) atoms. The molecule has 0 unspecified atom stereocenters. The van der Waals surface area contributed by atoms with Crippen LogP contribution in [0.4, 0.5) is 0 Å². The van der Waals surface area contributed by atoms with E-state index in [0.717, 1.165) is 0 Å². The number of oxime groups is 1. The summed E-state index contributed by atoms with van der Waals surface area (Å²) in [7, 11) is -8.13. The summed E-state index contributed by atoms with van der Waals surface area (Å²) in [4.78, 5) is 5.07. The molecule has 0 aromatic carbocycles. The molecular formula is C22H55NO6Si5. The fourth-order valence-electron chi connectivity index (χ4n) is 3.19. The fraction of sp³-hybridized carbons (Fsp3) is 0.955. The van der Waals surface area contributed by atoms with Gasteiger partial charge in [0, 0.05) is 0 Å². The number of nitrogens with zero attached hydrogens (tertiary/aromatic N) is 1. The third kappa shape index (κ3) is 17.7. The zero-order chi connectivity index (χ0) is 27.2. The second-order valence-electron chi connectivity index (χ2n) is 13.7. The van der Waals surface area contributed by atoms with E-state index in [0.29, 0.717) is 6.61 Å². The highest BCUT2D eigenvalue weighted by Gasteiger charge is 2.44. The summed E-state index contributed by atoms with van der Waals surface area (Å²) in [5.41, 5.74) is 0. The Kier molecular flexibility index (Phi) is 13.4. The van der Waals surface area contributed by atoms with E-state index in [1.165, 1.54) is 0 Å². The molecule has 0 aliphatic heterocycles. The first-order valence-electron chi connectivity index (χ1n) is 12.3. The molecule has 0 amide bonds. The first kappa shape index (κ1) is 34.4. The summed E-state index contributed by atoms with van der Waals surface area (Å²) in [6.07, 6.45) is 0.297. The van der Waals surface area contributed by atoms with E-state index in [-0.39, 0.29) is 12.2 Å². The fourth-order valence-corrected chi connectivity index (χ4v) is 8.16. The first-order chi connectivity index (χ1) is 14.9. The normalized spacial score (nSPS) is 18.1. The molecule has 0 saturated heterocycles. The Morgan fingerprint density at radius 2 is 0.971 bits per heavy atom. The maximum atomic E-state index is 6.90. The van der Waals surface area contributed by atoms with Crippen LogP contribution < -0.4 is 0 Å². The van der Waals surface area contributed by atoms with Gasteiger partial charge in [-0.25, -0.2) is 0 Å². The third-order valence-corrected chi connectivity index (χ3v) is 8.96. The van der Waals surface area contributed by atoms with Gasteiger partial charge in [0.2, 0.25) is 0 Å². The van der Waals surface area contributed by atoms with Crippen molar-refractivity contribution in [2.75, 3.05) is 13.7 Å². The summed E-state index contributed by atoms with van der Waals surface area (Å²) in [6, 6.07) is 0. The average Bonchev–Trinajstić information content (AvgIpc) is 2.54. The van der Waals surface area contributed by atoms with Crippen LogP contribution in [0.3, 0.4) is 0 Å². The van der Waals surface area contributed by atoms with Crippen molar-refractivity contribution in [2.45, 2.75) is 123 Å². The van der Waals surface area contributed by atoms with Crippen molar-refractivity contribution >= 4 is 47.8 Å². The molecule has 0 saturated carbocycles. The summed E-state index contributed by atoms with van der Waals surface area (Å²) >= 11 is 0. The Labute approximate surface area is 215 Å².